The van der Waals surface area contributed by atoms with Gasteiger partial charge in [-0.1, -0.05) is 37.6 Å². The van der Waals surface area contributed by atoms with Crippen LogP contribution in [0.5, 0.6) is 0 Å². The summed E-state index contributed by atoms with van der Waals surface area (Å²) in [6.45, 7) is 3.31. The number of hydrogen-bond acceptors (Lipinski definition) is 7. The van der Waals surface area contributed by atoms with Gasteiger partial charge in [-0.05, 0) is 68.9 Å². The third kappa shape index (κ3) is 4.40. The van der Waals surface area contributed by atoms with E-state index in [2.05, 4.69) is 6.92 Å². The number of esters is 1. The second-order valence-corrected chi connectivity index (χ2v) is 12.1. The summed E-state index contributed by atoms with van der Waals surface area (Å²) in [6, 6.07) is 0. The molecule has 0 aromatic rings. The Kier molecular flexibility index (Phi) is 8.07. The Morgan fingerprint density at radius 3 is 2.47 bits per heavy atom. The molecule has 9 heteroatoms. The van der Waals surface area contributed by atoms with Crippen LogP contribution in [-0.2, 0) is 23.9 Å². The van der Waals surface area contributed by atoms with Gasteiger partial charge in [0.1, 0.15) is 5.60 Å². The van der Waals surface area contributed by atoms with Gasteiger partial charge in [0.15, 0.2) is 12.4 Å². The third-order valence-electron chi connectivity index (χ3n) is 10.5. The van der Waals surface area contributed by atoms with Crippen molar-refractivity contribution >= 4 is 23.5 Å². The molecule has 5 aliphatic rings. The van der Waals surface area contributed by atoms with Crippen LogP contribution < -0.4 is 29.6 Å². The molecular weight excluding hydrogens is 499 g/mol. The van der Waals surface area contributed by atoms with E-state index in [1.165, 1.54) is 0 Å². The summed E-state index contributed by atoms with van der Waals surface area (Å²) < 4.78 is 5.30. The van der Waals surface area contributed by atoms with Crippen LogP contribution >= 0.6 is 0 Å². The van der Waals surface area contributed by atoms with Crippen molar-refractivity contribution in [3.8, 4) is 0 Å². The molecule has 8 nitrogen and oxygen atoms in total. The molecule has 0 spiro atoms. The summed E-state index contributed by atoms with van der Waals surface area (Å²) in [4.78, 5) is 49.7. The minimum atomic E-state index is -1.75. The second-order valence-electron chi connectivity index (χ2n) is 12.1. The number of carboxylic acid groups (broad SMARTS) is 1. The van der Waals surface area contributed by atoms with Crippen molar-refractivity contribution in [2.24, 2.45) is 40.4 Å². The number of rotatable bonds is 5. The Morgan fingerprint density at radius 2 is 1.79 bits per heavy atom. The van der Waals surface area contributed by atoms with E-state index >= 15 is 0 Å². The van der Waals surface area contributed by atoms with E-state index in [1.807, 2.05) is 13.0 Å². The topological polar surface area (TPSA) is 138 Å². The van der Waals surface area contributed by atoms with Gasteiger partial charge in [0, 0.05) is 16.7 Å². The van der Waals surface area contributed by atoms with Crippen molar-refractivity contribution in [3.05, 3.63) is 36.0 Å². The molecule has 38 heavy (non-hydrogen) atoms. The number of carboxylic acids is 1. The summed E-state index contributed by atoms with van der Waals surface area (Å²) in [7, 11) is 0. The fourth-order valence-corrected chi connectivity index (χ4v) is 8.50. The second kappa shape index (κ2) is 10.4. The summed E-state index contributed by atoms with van der Waals surface area (Å²) in [5.74, 6) is -4.26. The molecular formula is C29H36NaO8+. The number of aliphatic hydroxyl groups excluding tert-OH is 1. The standard InChI is InChI=1S/C29H36O8.Na/c1-27-11-9-17(30)13-16(27)7-8-20-21-10-12-29(36,28(21,2)14-22(31)24(20)27)23(32)15-37-26(35)19-6-4-3-5-18(19)25(33)34;/h3-4,9,11,13,18-22,24,31,36H,5-8,10,12,14-15H2,1-2H3,(H,33,34);/q;+1/t18?,19?,20-,21-,22-,24+,27-,28-,29-;/m0./s1. The minimum Gasteiger partial charge on any atom is -0.481 e. The van der Waals surface area contributed by atoms with Gasteiger partial charge in [0.2, 0.25) is 5.78 Å². The number of carbonyl (C=O) groups excluding carboxylic acids is 3. The Bertz CT molecular complexity index is 1130. The van der Waals surface area contributed by atoms with Crippen molar-refractivity contribution in [1.29, 1.82) is 0 Å². The molecule has 200 valence electrons. The molecule has 3 N–H and O–H groups in total. The largest absolute Gasteiger partial charge is 1.00 e. The Labute approximate surface area is 244 Å². The minimum absolute atomic E-state index is 0. The van der Waals surface area contributed by atoms with Gasteiger partial charge in [-0.3, -0.25) is 19.2 Å². The number of Topliss-reactive ketones (excluding diaryl/α,β-unsaturated/α-hetero) is 1. The number of hydrogen-bond donors (Lipinski definition) is 3. The van der Waals surface area contributed by atoms with Gasteiger partial charge in [0.05, 0.1) is 17.9 Å². The van der Waals surface area contributed by atoms with Crippen LogP contribution in [0.1, 0.15) is 58.8 Å². The van der Waals surface area contributed by atoms with Gasteiger partial charge in [-0.2, -0.15) is 0 Å². The maximum absolute atomic E-state index is 13.4. The molecule has 5 rings (SSSR count). The average Bonchev–Trinajstić information content (AvgIpc) is 3.13. The average molecular weight is 536 g/mol. The molecule has 9 atom stereocenters. The molecule has 0 aliphatic heterocycles. The van der Waals surface area contributed by atoms with Crippen LogP contribution in [0.3, 0.4) is 0 Å². The molecule has 0 aromatic heterocycles. The van der Waals surface area contributed by atoms with Crippen LogP contribution in [0.25, 0.3) is 0 Å². The zero-order valence-electron chi connectivity index (χ0n) is 22.4. The van der Waals surface area contributed by atoms with E-state index in [4.69, 9.17) is 4.74 Å². The summed E-state index contributed by atoms with van der Waals surface area (Å²) >= 11 is 0. The van der Waals surface area contributed by atoms with E-state index in [0.29, 0.717) is 6.42 Å². The smallest absolute Gasteiger partial charge is 0.481 e. The Morgan fingerprint density at radius 1 is 1.11 bits per heavy atom. The first-order valence-electron chi connectivity index (χ1n) is 13.3. The van der Waals surface area contributed by atoms with Crippen LogP contribution in [-0.4, -0.2) is 57.1 Å². The van der Waals surface area contributed by atoms with Crippen molar-refractivity contribution in [3.63, 3.8) is 0 Å². The van der Waals surface area contributed by atoms with E-state index in [1.54, 1.807) is 24.3 Å². The Hall–Kier alpha value is -1.58. The fourth-order valence-electron chi connectivity index (χ4n) is 8.50. The molecule has 2 unspecified atom stereocenters. The normalized spacial score (nSPS) is 43.2. The predicted molar refractivity (Wildman–Crippen MR) is 132 cm³/mol. The zero-order chi connectivity index (χ0) is 26.8. The number of carbonyl (C=O) groups is 4. The molecule has 0 heterocycles. The van der Waals surface area contributed by atoms with E-state index in [-0.39, 0.29) is 78.8 Å². The van der Waals surface area contributed by atoms with Crippen molar-refractivity contribution in [2.75, 3.05) is 6.61 Å². The summed E-state index contributed by atoms with van der Waals surface area (Å²) in [6.07, 6.45) is 10.9. The predicted octanol–water partition coefficient (Wildman–Crippen LogP) is -0.220. The van der Waals surface area contributed by atoms with E-state index in [0.717, 1.165) is 18.4 Å². The number of ketones is 2. The third-order valence-corrected chi connectivity index (χ3v) is 10.5. The number of fused-ring (bicyclic) bond motifs is 5. The first-order valence-corrected chi connectivity index (χ1v) is 13.3. The van der Waals surface area contributed by atoms with Gasteiger partial charge in [-0.25, -0.2) is 0 Å². The molecule has 0 bridgehead atoms. The first kappa shape index (κ1) is 29.4. The van der Waals surface area contributed by atoms with Gasteiger partial charge in [0.25, 0.3) is 0 Å². The SMILES string of the molecule is C[C@]12C=CC(=O)C=C1CC[C@@H]1[C@@H]2[C@@H](O)C[C@@]2(C)[C@H]1CC[C@]2(O)C(=O)COC(=O)C1CC=CCC1C(=O)O.[Na+]. The van der Waals surface area contributed by atoms with Crippen LogP contribution in [0.15, 0.2) is 36.0 Å². The maximum Gasteiger partial charge on any atom is 1.00 e. The fraction of sp³-hybridized carbons (Fsp3) is 0.655. The molecule has 0 amide bonds. The van der Waals surface area contributed by atoms with Crippen LogP contribution in [0, 0.1) is 40.4 Å². The van der Waals surface area contributed by atoms with Crippen LogP contribution in [0.4, 0.5) is 0 Å². The molecule has 3 fully saturated rings. The summed E-state index contributed by atoms with van der Waals surface area (Å²) in [5, 5.41) is 32.7. The zero-order valence-corrected chi connectivity index (χ0v) is 24.4. The maximum atomic E-state index is 13.4. The number of ether oxygens (including phenoxy) is 1. The van der Waals surface area contributed by atoms with Crippen molar-refractivity contribution < 1.29 is 68.8 Å². The molecule has 0 aromatic carbocycles. The Balaban J connectivity index is 0.00000336. The molecule has 5 aliphatic carbocycles. The van der Waals surface area contributed by atoms with E-state index in [9.17, 15) is 34.5 Å². The van der Waals surface area contributed by atoms with Gasteiger partial charge >= 0.3 is 41.5 Å². The van der Waals surface area contributed by atoms with E-state index < -0.39 is 58.7 Å². The van der Waals surface area contributed by atoms with Gasteiger partial charge < -0.3 is 20.1 Å². The van der Waals surface area contributed by atoms with Crippen molar-refractivity contribution in [1.82, 2.24) is 0 Å². The van der Waals surface area contributed by atoms with Crippen molar-refractivity contribution in [2.45, 2.75) is 70.5 Å². The molecule has 0 radical (unpaired) electrons. The number of aliphatic hydroxyl groups is 2. The quantitative estimate of drug-likeness (QED) is 0.250. The van der Waals surface area contributed by atoms with Crippen LogP contribution in [0.2, 0.25) is 0 Å². The molecule has 3 saturated carbocycles. The monoisotopic (exact) mass is 535 g/mol. The number of aliphatic carboxylic acids is 1. The first-order chi connectivity index (χ1) is 17.4. The molecule has 0 saturated heterocycles. The summed E-state index contributed by atoms with van der Waals surface area (Å²) in [5.41, 5.74) is -2.04. The number of allylic oxidation sites excluding steroid dienone is 6. The van der Waals surface area contributed by atoms with Gasteiger partial charge in [-0.15, -0.1) is 0 Å².